The van der Waals surface area contributed by atoms with E-state index in [4.69, 9.17) is 9.47 Å². The zero-order chi connectivity index (χ0) is 13.5. The van der Waals surface area contributed by atoms with Crippen molar-refractivity contribution in [3.05, 3.63) is 29.8 Å². The predicted molar refractivity (Wildman–Crippen MR) is 77.6 cm³/mol. The lowest BCUT2D eigenvalue weighted by molar-refractivity contribution is 0.176. The number of benzene rings is 1. The standard InChI is InChI=1S/C16H25NO2/c1-3-10-17-16(14-9-11-18-12-14)13-5-7-15(8-6-13)19-4-2/h5-8,14,16-17H,3-4,9-12H2,1-2H3. The number of hydrogen-bond donors (Lipinski definition) is 1. The zero-order valence-electron chi connectivity index (χ0n) is 12.0. The Labute approximate surface area is 116 Å². The molecule has 2 atom stereocenters. The van der Waals surface area contributed by atoms with Crippen LogP contribution in [0.2, 0.25) is 0 Å². The van der Waals surface area contributed by atoms with Crippen LogP contribution in [0.25, 0.3) is 0 Å². The van der Waals surface area contributed by atoms with Crippen LogP contribution in [0.15, 0.2) is 24.3 Å². The Morgan fingerprint density at radius 3 is 2.68 bits per heavy atom. The van der Waals surface area contributed by atoms with Crippen LogP contribution in [0.4, 0.5) is 0 Å². The van der Waals surface area contributed by atoms with Gasteiger partial charge in [0, 0.05) is 18.6 Å². The van der Waals surface area contributed by atoms with Gasteiger partial charge in [0.25, 0.3) is 0 Å². The van der Waals surface area contributed by atoms with Crippen molar-refractivity contribution in [2.45, 2.75) is 32.7 Å². The van der Waals surface area contributed by atoms with Crippen molar-refractivity contribution >= 4 is 0 Å². The summed E-state index contributed by atoms with van der Waals surface area (Å²) in [7, 11) is 0. The molecule has 0 spiro atoms. The first-order chi connectivity index (χ1) is 9.35. The van der Waals surface area contributed by atoms with E-state index < -0.39 is 0 Å². The second-order valence-electron chi connectivity index (χ2n) is 5.06. The highest BCUT2D eigenvalue weighted by molar-refractivity contribution is 5.29. The molecule has 0 aromatic heterocycles. The first kappa shape index (κ1) is 14.4. The van der Waals surface area contributed by atoms with E-state index in [0.29, 0.717) is 18.6 Å². The van der Waals surface area contributed by atoms with E-state index in [2.05, 4.69) is 36.5 Å². The molecular formula is C16H25NO2. The highest BCUT2D eigenvalue weighted by Crippen LogP contribution is 2.29. The second-order valence-corrected chi connectivity index (χ2v) is 5.06. The molecule has 1 aromatic carbocycles. The van der Waals surface area contributed by atoms with Gasteiger partial charge in [-0.15, -0.1) is 0 Å². The third-order valence-corrected chi connectivity index (χ3v) is 3.60. The Kier molecular flexibility index (Phi) is 5.67. The number of nitrogens with one attached hydrogen (secondary N) is 1. The summed E-state index contributed by atoms with van der Waals surface area (Å²) in [6, 6.07) is 8.88. The van der Waals surface area contributed by atoms with Crippen LogP contribution in [0, 0.1) is 5.92 Å². The summed E-state index contributed by atoms with van der Waals surface area (Å²) in [6.07, 6.45) is 2.30. The normalized spacial score (nSPS) is 20.4. The molecule has 0 radical (unpaired) electrons. The molecule has 0 bridgehead atoms. The van der Waals surface area contributed by atoms with Crippen LogP contribution in [0.1, 0.15) is 38.3 Å². The minimum atomic E-state index is 0.401. The SMILES string of the molecule is CCCNC(c1ccc(OCC)cc1)C1CCOC1. The lowest BCUT2D eigenvalue weighted by atomic mass is 9.92. The molecule has 1 aliphatic heterocycles. The van der Waals surface area contributed by atoms with Crippen molar-refractivity contribution < 1.29 is 9.47 Å². The summed E-state index contributed by atoms with van der Waals surface area (Å²) in [5, 5.41) is 3.66. The van der Waals surface area contributed by atoms with Gasteiger partial charge in [-0.25, -0.2) is 0 Å². The maximum absolute atomic E-state index is 5.54. The molecule has 1 aromatic rings. The van der Waals surface area contributed by atoms with Crippen molar-refractivity contribution in [3.8, 4) is 5.75 Å². The first-order valence-electron chi connectivity index (χ1n) is 7.39. The molecule has 3 heteroatoms. The molecule has 0 saturated carbocycles. The molecule has 2 unspecified atom stereocenters. The summed E-state index contributed by atoms with van der Waals surface area (Å²) in [6.45, 7) is 7.74. The number of rotatable bonds is 7. The fourth-order valence-corrected chi connectivity index (χ4v) is 2.61. The van der Waals surface area contributed by atoms with E-state index in [0.717, 1.165) is 38.3 Å². The van der Waals surface area contributed by atoms with Crippen molar-refractivity contribution in [2.75, 3.05) is 26.4 Å². The summed E-state index contributed by atoms with van der Waals surface area (Å²) < 4.78 is 11.0. The van der Waals surface area contributed by atoms with E-state index in [1.54, 1.807) is 0 Å². The van der Waals surface area contributed by atoms with E-state index in [-0.39, 0.29) is 0 Å². The predicted octanol–water partition coefficient (Wildman–Crippen LogP) is 3.16. The second kappa shape index (κ2) is 7.51. The summed E-state index contributed by atoms with van der Waals surface area (Å²) in [5.74, 6) is 1.53. The molecule has 1 fully saturated rings. The minimum absolute atomic E-state index is 0.401. The minimum Gasteiger partial charge on any atom is -0.494 e. The van der Waals surface area contributed by atoms with Crippen molar-refractivity contribution in [1.29, 1.82) is 0 Å². The van der Waals surface area contributed by atoms with E-state index in [1.165, 1.54) is 5.56 Å². The first-order valence-corrected chi connectivity index (χ1v) is 7.39. The van der Waals surface area contributed by atoms with Gasteiger partial charge in [0.15, 0.2) is 0 Å². The molecule has 19 heavy (non-hydrogen) atoms. The van der Waals surface area contributed by atoms with Crippen molar-refractivity contribution in [1.82, 2.24) is 5.32 Å². The summed E-state index contributed by atoms with van der Waals surface area (Å²) in [5.41, 5.74) is 1.34. The molecule has 1 saturated heterocycles. The van der Waals surface area contributed by atoms with E-state index >= 15 is 0 Å². The van der Waals surface area contributed by atoms with Crippen LogP contribution < -0.4 is 10.1 Å². The topological polar surface area (TPSA) is 30.5 Å². The highest BCUT2D eigenvalue weighted by Gasteiger charge is 2.26. The van der Waals surface area contributed by atoms with Crippen LogP contribution in [0.5, 0.6) is 5.75 Å². The number of hydrogen-bond acceptors (Lipinski definition) is 3. The third kappa shape index (κ3) is 3.95. The Morgan fingerprint density at radius 2 is 2.11 bits per heavy atom. The van der Waals surface area contributed by atoms with Gasteiger partial charge in [-0.1, -0.05) is 19.1 Å². The smallest absolute Gasteiger partial charge is 0.119 e. The van der Waals surface area contributed by atoms with Gasteiger partial charge < -0.3 is 14.8 Å². The fraction of sp³-hybridized carbons (Fsp3) is 0.625. The maximum atomic E-state index is 5.54. The van der Waals surface area contributed by atoms with Gasteiger partial charge in [-0.3, -0.25) is 0 Å². The van der Waals surface area contributed by atoms with Gasteiger partial charge in [0.1, 0.15) is 5.75 Å². The number of ether oxygens (including phenoxy) is 2. The Morgan fingerprint density at radius 1 is 1.32 bits per heavy atom. The van der Waals surface area contributed by atoms with Gasteiger partial charge >= 0.3 is 0 Å². The Balaban J connectivity index is 2.07. The van der Waals surface area contributed by atoms with Crippen molar-refractivity contribution in [3.63, 3.8) is 0 Å². The Bertz CT molecular complexity index is 358. The van der Waals surface area contributed by atoms with Crippen LogP contribution in [-0.4, -0.2) is 26.4 Å². The highest BCUT2D eigenvalue weighted by atomic mass is 16.5. The van der Waals surface area contributed by atoms with E-state index in [9.17, 15) is 0 Å². The van der Waals surface area contributed by atoms with Gasteiger partial charge in [-0.2, -0.15) is 0 Å². The lowest BCUT2D eigenvalue weighted by Gasteiger charge is -2.24. The molecule has 1 heterocycles. The summed E-state index contributed by atoms with van der Waals surface area (Å²) >= 11 is 0. The molecule has 106 valence electrons. The molecule has 1 aliphatic rings. The molecular weight excluding hydrogens is 238 g/mol. The zero-order valence-corrected chi connectivity index (χ0v) is 12.0. The van der Waals surface area contributed by atoms with Crippen LogP contribution in [0.3, 0.4) is 0 Å². The fourth-order valence-electron chi connectivity index (χ4n) is 2.61. The molecule has 1 N–H and O–H groups in total. The molecule has 3 nitrogen and oxygen atoms in total. The van der Waals surface area contributed by atoms with Gasteiger partial charge in [0.2, 0.25) is 0 Å². The lowest BCUT2D eigenvalue weighted by Crippen LogP contribution is -2.29. The van der Waals surface area contributed by atoms with Crippen molar-refractivity contribution in [2.24, 2.45) is 5.92 Å². The largest absolute Gasteiger partial charge is 0.494 e. The maximum Gasteiger partial charge on any atom is 0.119 e. The monoisotopic (exact) mass is 263 g/mol. The summed E-state index contributed by atoms with van der Waals surface area (Å²) in [4.78, 5) is 0. The molecule has 0 aliphatic carbocycles. The van der Waals surface area contributed by atoms with Gasteiger partial charge in [-0.05, 0) is 44.0 Å². The molecule has 0 amide bonds. The van der Waals surface area contributed by atoms with E-state index in [1.807, 2.05) is 6.92 Å². The van der Waals surface area contributed by atoms with Crippen LogP contribution in [-0.2, 0) is 4.74 Å². The third-order valence-electron chi connectivity index (χ3n) is 3.60. The van der Waals surface area contributed by atoms with Gasteiger partial charge in [0.05, 0.1) is 13.2 Å². The quantitative estimate of drug-likeness (QED) is 0.819. The Hall–Kier alpha value is -1.06. The average Bonchev–Trinajstić information content (AvgIpc) is 2.95. The van der Waals surface area contributed by atoms with Crippen LogP contribution >= 0.6 is 0 Å². The average molecular weight is 263 g/mol. The molecule has 2 rings (SSSR count).